The molecule has 0 aromatic heterocycles. The molecule has 3 aromatic rings. The maximum Gasteiger partial charge on any atom is 0.338 e. The standard InChI is InChI=1S/C38H40O14/c1-21-27(46-22(2)39)30-32(52-38(3,4)51-30)37(45-21)44-20-26-28(48-33(40)23-14-8-5-9-15-23)29(49-34(41)24-16-10-6-11-17-24)31(36(43)47-26)50-35(42)25-18-12-7-13-19-25/h5-19,21,26-32,36-37,43H,20H2,1-4H3/t21-,26+,27-,28+,29-,30+,31+,32+,36?,37?/m0/s1. The van der Waals surface area contributed by atoms with Gasteiger partial charge in [-0.15, -0.1) is 0 Å². The van der Waals surface area contributed by atoms with E-state index < -0.39 is 97.7 Å². The van der Waals surface area contributed by atoms with E-state index in [-0.39, 0.29) is 16.7 Å². The third-order valence-corrected chi connectivity index (χ3v) is 8.66. The Balaban J connectivity index is 1.31. The Morgan fingerprint density at radius 2 is 1.10 bits per heavy atom. The second-order valence-electron chi connectivity index (χ2n) is 13.0. The lowest BCUT2D eigenvalue weighted by molar-refractivity contribution is -0.312. The topological polar surface area (TPSA) is 172 Å². The molecule has 14 nitrogen and oxygen atoms in total. The minimum atomic E-state index is -1.88. The first-order chi connectivity index (χ1) is 24.9. The Hall–Kier alpha value is -4.70. The summed E-state index contributed by atoms with van der Waals surface area (Å²) in [5.74, 6) is -4.12. The van der Waals surface area contributed by atoms with Crippen molar-refractivity contribution in [3.05, 3.63) is 108 Å². The summed E-state index contributed by atoms with van der Waals surface area (Å²) in [5, 5.41) is 11.4. The summed E-state index contributed by atoms with van der Waals surface area (Å²) in [4.78, 5) is 52.2. The van der Waals surface area contributed by atoms with Crippen molar-refractivity contribution >= 4 is 23.9 Å². The minimum Gasteiger partial charge on any atom is -0.457 e. The Morgan fingerprint density at radius 3 is 1.60 bits per heavy atom. The van der Waals surface area contributed by atoms with Crippen LogP contribution in [0.15, 0.2) is 91.0 Å². The highest BCUT2D eigenvalue weighted by atomic mass is 16.8. The zero-order valence-electron chi connectivity index (χ0n) is 28.9. The smallest absolute Gasteiger partial charge is 0.338 e. The summed E-state index contributed by atoms with van der Waals surface area (Å²) in [6.07, 6.45) is -12.2. The number of benzene rings is 3. The van der Waals surface area contributed by atoms with Gasteiger partial charge in [-0.1, -0.05) is 54.6 Å². The second kappa shape index (κ2) is 15.9. The highest BCUT2D eigenvalue weighted by Gasteiger charge is 2.57. The fourth-order valence-corrected chi connectivity index (χ4v) is 6.32. The lowest BCUT2D eigenvalue weighted by atomic mass is 9.97. The van der Waals surface area contributed by atoms with Crippen LogP contribution in [0.3, 0.4) is 0 Å². The molecule has 0 bridgehead atoms. The van der Waals surface area contributed by atoms with Crippen LogP contribution in [0.5, 0.6) is 0 Å². The third kappa shape index (κ3) is 8.49. The third-order valence-electron chi connectivity index (χ3n) is 8.66. The molecule has 3 aliphatic heterocycles. The number of hydrogen-bond donors (Lipinski definition) is 1. The number of carbonyl (C=O) groups excluding carboxylic acids is 4. The maximum atomic E-state index is 13.6. The number of aliphatic hydroxyl groups is 1. The van der Waals surface area contributed by atoms with Crippen molar-refractivity contribution in [2.45, 2.75) is 94.9 Å². The van der Waals surface area contributed by atoms with Gasteiger partial charge < -0.3 is 47.7 Å². The van der Waals surface area contributed by atoms with Crippen LogP contribution >= 0.6 is 0 Å². The monoisotopic (exact) mass is 720 g/mol. The molecular weight excluding hydrogens is 680 g/mol. The molecule has 3 aromatic carbocycles. The molecule has 52 heavy (non-hydrogen) atoms. The van der Waals surface area contributed by atoms with Crippen LogP contribution in [0.25, 0.3) is 0 Å². The van der Waals surface area contributed by atoms with Gasteiger partial charge in [0.05, 0.1) is 29.4 Å². The number of carbonyl (C=O) groups is 4. The molecule has 3 saturated heterocycles. The first kappa shape index (κ1) is 37.1. The Morgan fingerprint density at radius 1 is 0.635 bits per heavy atom. The van der Waals surface area contributed by atoms with E-state index in [9.17, 15) is 24.3 Å². The summed E-state index contributed by atoms with van der Waals surface area (Å²) in [6, 6.07) is 24.0. The molecule has 2 unspecified atom stereocenters. The van der Waals surface area contributed by atoms with Crippen molar-refractivity contribution < 1.29 is 66.9 Å². The Bertz CT molecular complexity index is 1700. The van der Waals surface area contributed by atoms with Gasteiger partial charge in [-0.3, -0.25) is 4.79 Å². The highest BCUT2D eigenvalue weighted by molar-refractivity contribution is 5.91. The van der Waals surface area contributed by atoms with Gasteiger partial charge in [0, 0.05) is 6.92 Å². The number of hydrogen-bond acceptors (Lipinski definition) is 14. The van der Waals surface area contributed by atoms with Crippen LogP contribution in [0.2, 0.25) is 0 Å². The molecule has 276 valence electrons. The van der Waals surface area contributed by atoms with E-state index in [2.05, 4.69) is 0 Å². The number of esters is 4. The van der Waals surface area contributed by atoms with E-state index in [1.54, 1.807) is 75.4 Å². The second-order valence-corrected chi connectivity index (χ2v) is 13.0. The van der Waals surface area contributed by atoms with Gasteiger partial charge >= 0.3 is 23.9 Å². The molecule has 14 heteroatoms. The van der Waals surface area contributed by atoms with Crippen molar-refractivity contribution in [1.82, 2.24) is 0 Å². The van der Waals surface area contributed by atoms with Crippen molar-refractivity contribution in [3.63, 3.8) is 0 Å². The maximum absolute atomic E-state index is 13.6. The molecule has 0 spiro atoms. The van der Waals surface area contributed by atoms with Crippen LogP contribution in [-0.2, 0) is 47.4 Å². The van der Waals surface area contributed by atoms with Crippen LogP contribution in [0.4, 0.5) is 0 Å². The molecule has 0 aliphatic carbocycles. The van der Waals surface area contributed by atoms with Crippen LogP contribution in [0, 0.1) is 0 Å². The fourth-order valence-electron chi connectivity index (χ4n) is 6.32. The van der Waals surface area contributed by atoms with Gasteiger partial charge in [0.15, 0.2) is 42.8 Å². The normalized spacial score (nSPS) is 30.7. The van der Waals surface area contributed by atoms with E-state index in [0.717, 1.165) is 0 Å². The van der Waals surface area contributed by atoms with Gasteiger partial charge in [-0.05, 0) is 57.2 Å². The summed E-state index contributed by atoms with van der Waals surface area (Å²) < 4.78 is 53.5. The number of rotatable bonds is 10. The zero-order valence-corrected chi connectivity index (χ0v) is 28.9. The van der Waals surface area contributed by atoms with E-state index in [1.807, 2.05) is 0 Å². The quantitative estimate of drug-likeness (QED) is 0.238. The predicted molar refractivity (Wildman–Crippen MR) is 177 cm³/mol. The molecule has 0 radical (unpaired) electrons. The predicted octanol–water partition coefficient (Wildman–Crippen LogP) is 3.59. The van der Waals surface area contributed by atoms with Crippen molar-refractivity contribution in [1.29, 1.82) is 0 Å². The van der Waals surface area contributed by atoms with Crippen LogP contribution in [0.1, 0.15) is 58.8 Å². The first-order valence-corrected chi connectivity index (χ1v) is 16.8. The average Bonchev–Trinajstić information content (AvgIpc) is 3.47. The molecule has 0 amide bonds. The highest BCUT2D eigenvalue weighted by Crippen LogP contribution is 2.39. The molecule has 6 rings (SSSR count). The number of aliphatic hydroxyl groups excluding tert-OH is 1. The van der Waals surface area contributed by atoms with Crippen LogP contribution in [-0.4, -0.2) is 103 Å². The van der Waals surface area contributed by atoms with Crippen molar-refractivity contribution in [3.8, 4) is 0 Å². The van der Waals surface area contributed by atoms with Gasteiger partial charge in [-0.25, -0.2) is 14.4 Å². The van der Waals surface area contributed by atoms with E-state index >= 15 is 0 Å². The Kier molecular flexibility index (Phi) is 11.3. The first-order valence-electron chi connectivity index (χ1n) is 16.8. The number of fused-ring (bicyclic) bond motifs is 1. The molecule has 0 saturated carbocycles. The molecular formula is C38H40O14. The van der Waals surface area contributed by atoms with E-state index in [4.69, 9.17) is 42.6 Å². The molecule has 10 atom stereocenters. The van der Waals surface area contributed by atoms with Gasteiger partial charge in [0.25, 0.3) is 0 Å². The van der Waals surface area contributed by atoms with Crippen molar-refractivity contribution in [2.24, 2.45) is 0 Å². The van der Waals surface area contributed by atoms with Gasteiger partial charge in [0.1, 0.15) is 18.3 Å². The van der Waals surface area contributed by atoms with Crippen molar-refractivity contribution in [2.75, 3.05) is 6.61 Å². The summed E-state index contributed by atoms with van der Waals surface area (Å²) >= 11 is 0. The van der Waals surface area contributed by atoms with E-state index in [1.165, 1.54) is 43.3 Å². The molecule has 3 aliphatic rings. The SMILES string of the molecule is CC(=O)O[C@@H]1[C@H]2OC(C)(C)O[C@H]2C(OC[C@H]2OC(O)[C@H](OC(=O)c3ccccc3)[C@@H](OC(=O)c3ccccc3)[C@@H]2OC(=O)c2ccccc2)O[C@H]1C. The van der Waals surface area contributed by atoms with Crippen LogP contribution < -0.4 is 0 Å². The minimum absolute atomic E-state index is 0.150. The zero-order chi connectivity index (χ0) is 37.0. The van der Waals surface area contributed by atoms with Gasteiger partial charge in [0.2, 0.25) is 0 Å². The lowest BCUT2D eigenvalue weighted by Crippen LogP contribution is -2.63. The van der Waals surface area contributed by atoms with Gasteiger partial charge in [-0.2, -0.15) is 0 Å². The summed E-state index contributed by atoms with van der Waals surface area (Å²) in [7, 11) is 0. The fraction of sp³-hybridized carbons (Fsp3) is 0.421. The summed E-state index contributed by atoms with van der Waals surface area (Å²) in [6.45, 7) is 5.94. The molecule has 3 heterocycles. The largest absolute Gasteiger partial charge is 0.457 e. The summed E-state index contributed by atoms with van der Waals surface area (Å²) in [5.41, 5.74) is 0.469. The lowest BCUT2D eigenvalue weighted by Gasteiger charge is -2.44. The van der Waals surface area contributed by atoms with E-state index in [0.29, 0.717) is 0 Å². The average molecular weight is 721 g/mol. The molecule has 1 N–H and O–H groups in total. The molecule has 3 fully saturated rings. The number of ether oxygens (including phenoxy) is 9. The Labute approximate surface area is 299 Å².